The van der Waals surface area contributed by atoms with Gasteiger partial charge in [0.2, 0.25) is 0 Å². The second-order valence-electron chi connectivity index (χ2n) is 10.4. The van der Waals surface area contributed by atoms with E-state index in [2.05, 4.69) is 97.3 Å². The van der Waals surface area contributed by atoms with Crippen LogP contribution in [0.5, 0.6) is 0 Å². The first-order valence-corrected chi connectivity index (χ1v) is 15.3. The molecule has 5 nitrogen and oxygen atoms in total. The van der Waals surface area contributed by atoms with E-state index in [1.165, 1.54) is 36.8 Å². The molecular weight excluding hydrogens is 514 g/mol. The normalized spacial score (nSPS) is 11.3. The summed E-state index contributed by atoms with van der Waals surface area (Å²) in [6.07, 6.45) is 5.76. The number of nitrogens with one attached hydrogen (secondary N) is 1. The van der Waals surface area contributed by atoms with Crippen LogP contribution in [0.25, 0.3) is 11.3 Å². The van der Waals surface area contributed by atoms with E-state index in [-0.39, 0.29) is 6.54 Å². The van der Waals surface area contributed by atoms with Crippen LogP contribution in [0.15, 0.2) is 84.2 Å². The SMILES string of the molecule is CCCC(CCC)c1ccc(CN(CC(=O)O)Cc2nc(-c3ccc(NCCc4ccccc4)cc3)cs2)cc1. The van der Waals surface area contributed by atoms with E-state index in [0.29, 0.717) is 19.0 Å². The molecule has 0 saturated heterocycles. The zero-order valence-corrected chi connectivity index (χ0v) is 24.5. The first kappa shape index (κ1) is 29.5. The average molecular weight is 556 g/mol. The van der Waals surface area contributed by atoms with E-state index in [1.54, 1.807) is 11.3 Å². The molecule has 0 atom stereocenters. The summed E-state index contributed by atoms with van der Waals surface area (Å²) in [7, 11) is 0. The second-order valence-corrected chi connectivity index (χ2v) is 11.4. The van der Waals surface area contributed by atoms with Crippen molar-refractivity contribution in [2.75, 3.05) is 18.4 Å². The molecule has 4 rings (SSSR count). The molecule has 0 unspecified atom stereocenters. The van der Waals surface area contributed by atoms with Crippen LogP contribution in [0.3, 0.4) is 0 Å². The van der Waals surface area contributed by atoms with Crippen molar-refractivity contribution in [3.05, 3.63) is 106 Å². The summed E-state index contributed by atoms with van der Waals surface area (Å²) >= 11 is 1.58. The van der Waals surface area contributed by atoms with Crippen LogP contribution >= 0.6 is 11.3 Å². The van der Waals surface area contributed by atoms with Crippen LogP contribution in [-0.2, 0) is 24.3 Å². The molecule has 0 spiro atoms. The van der Waals surface area contributed by atoms with Crippen molar-refractivity contribution in [3.8, 4) is 11.3 Å². The van der Waals surface area contributed by atoms with Crippen molar-refractivity contribution in [1.82, 2.24) is 9.88 Å². The first-order valence-electron chi connectivity index (χ1n) is 14.4. The summed E-state index contributed by atoms with van der Waals surface area (Å²) in [5, 5.41) is 16.0. The van der Waals surface area contributed by atoms with E-state index in [9.17, 15) is 9.90 Å². The fourth-order valence-electron chi connectivity index (χ4n) is 5.15. The van der Waals surface area contributed by atoms with Crippen molar-refractivity contribution >= 4 is 23.0 Å². The molecule has 1 heterocycles. The van der Waals surface area contributed by atoms with Crippen molar-refractivity contribution < 1.29 is 9.90 Å². The molecule has 0 fully saturated rings. The van der Waals surface area contributed by atoms with Gasteiger partial charge in [0.25, 0.3) is 0 Å². The quantitative estimate of drug-likeness (QED) is 0.146. The fraction of sp³-hybridized carbons (Fsp3) is 0.353. The number of benzene rings is 3. The second kappa shape index (κ2) is 15.3. The predicted octanol–water partition coefficient (Wildman–Crippen LogP) is 8.24. The molecule has 6 heteroatoms. The summed E-state index contributed by atoms with van der Waals surface area (Å²) in [5.74, 6) is -0.221. The molecule has 3 aromatic carbocycles. The molecule has 4 aromatic rings. The van der Waals surface area contributed by atoms with E-state index in [1.807, 2.05) is 11.0 Å². The van der Waals surface area contributed by atoms with Gasteiger partial charge in [-0.2, -0.15) is 0 Å². The van der Waals surface area contributed by atoms with E-state index < -0.39 is 5.97 Å². The lowest BCUT2D eigenvalue weighted by Crippen LogP contribution is -2.28. The van der Waals surface area contributed by atoms with E-state index >= 15 is 0 Å². The van der Waals surface area contributed by atoms with Crippen LogP contribution in [0.1, 0.15) is 67.1 Å². The minimum Gasteiger partial charge on any atom is -0.480 e. The Balaban J connectivity index is 1.35. The molecule has 0 aliphatic heterocycles. The Hall–Kier alpha value is -3.48. The third-order valence-electron chi connectivity index (χ3n) is 7.17. The van der Waals surface area contributed by atoms with Crippen LogP contribution in [0.2, 0.25) is 0 Å². The molecule has 1 aromatic heterocycles. The van der Waals surface area contributed by atoms with Gasteiger partial charge in [-0.1, -0.05) is 93.4 Å². The van der Waals surface area contributed by atoms with Gasteiger partial charge < -0.3 is 10.4 Å². The highest BCUT2D eigenvalue weighted by atomic mass is 32.1. The summed E-state index contributed by atoms with van der Waals surface area (Å²) in [6, 6.07) is 27.6. The number of hydrogen-bond acceptors (Lipinski definition) is 5. The van der Waals surface area contributed by atoms with Gasteiger partial charge in [0.1, 0.15) is 5.01 Å². The van der Waals surface area contributed by atoms with Crippen molar-refractivity contribution in [2.24, 2.45) is 0 Å². The predicted molar refractivity (Wildman–Crippen MR) is 167 cm³/mol. The maximum Gasteiger partial charge on any atom is 0.317 e. The Bertz CT molecular complexity index is 1300. The smallest absolute Gasteiger partial charge is 0.317 e. The fourth-order valence-corrected chi connectivity index (χ4v) is 5.99. The highest BCUT2D eigenvalue weighted by molar-refractivity contribution is 7.09. The highest BCUT2D eigenvalue weighted by Crippen LogP contribution is 2.28. The summed E-state index contributed by atoms with van der Waals surface area (Å²) in [5.41, 5.74) is 6.91. The Labute approximate surface area is 242 Å². The number of aliphatic carboxylic acids is 1. The zero-order valence-electron chi connectivity index (χ0n) is 23.7. The Morgan fingerprint density at radius 1 is 0.900 bits per heavy atom. The Kier molecular flexibility index (Phi) is 11.3. The number of carboxylic acid groups (broad SMARTS) is 1. The van der Waals surface area contributed by atoms with Crippen LogP contribution in [0, 0.1) is 0 Å². The molecule has 0 radical (unpaired) electrons. The molecule has 0 bridgehead atoms. The van der Waals surface area contributed by atoms with Crippen molar-refractivity contribution in [1.29, 1.82) is 0 Å². The number of thiazole rings is 1. The largest absolute Gasteiger partial charge is 0.480 e. The van der Waals surface area contributed by atoms with Gasteiger partial charge in [0.15, 0.2) is 0 Å². The molecule has 2 N–H and O–H groups in total. The molecule has 0 amide bonds. The van der Waals surface area contributed by atoms with Crippen molar-refractivity contribution in [3.63, 3.8) is 0 Å². The number of hydrogen-bond donors (Lipinski definition) is 2. The minimum atomic E-state index is -0.824. The summed E-state index contributed by atoms with van der Waals surface area (Å²) in [4.78, 5) is 18.4. The number of carbonyl (C=O) groups is 1. The topological polar surface area (TPSA) is 65.5 Å². The minimum absolute atomic E-state index is 0.0195. The molecule has 0 saturated carbocycles. The number of anilines is 1. The molecule has 40 heavy (non-hydrogen) atoms. The maximum atomic E-state index is 11.6. The van der Waals surface area contributed by atoms with Gasteiger partial charge in [-0.25, -0.2) is 4.98 Å². The number of rotatable bonds is 16. The van der Waals surface area contributed by atoms with Gasteiger partial charge in [-0.05, 0) is 54.0 Å². The number of nitrogens with zero attached hydrogens (tertiary/aromatic N) is 2. The monoisotopic (exact) mass is 555 g/mol. The van der Waals surface area contributed by atoms with Gasteiger partial charge in [-0.15, -0.1) is 11.3 Å². The highest BCUT2D eigenvalue weighted by Gasteiger charge is 2.15. The van der Waals surface area contributed by atoms with Crippen molar-refractivity contribution in [2.45, 2.75) is 65.0 Å². The van der Waals surface area contributed by atoms with E-state index in [4.69, 9.17) is 4.98 Å². The lowest BCUT2D eigenvalue weighted by atomic mass is 9.90. The summed E-state index contributed by atoms with van der Waals surface area (Å²) < 4.78 is 0. The van der Waals surface area contributed by atoms with Gasteiger partial charge in [-0.3, -0.25) is 9.69 Å². The number of carboxylic acids is 1. The maximum absolute atomic E-state index is 11.6. The molecule has 0 aliphatic rings. The van der Waals surface area contributed by atoms with Crippen LogP contribution < -0.4 is 5.32 Å². The first-order chi connectivity index (χ1) is 19.5. The standard InChI is InChI=1S/C34H41N3O2S/c1-3-8-28(9-4-2)29-14-12-27(13-15-29)22-37(24-34(38)39)23-33-36-32(25-40-33)30-16-18-31(19-17-30)35-21-20-26-10-6-5-7-11-26/h5-7,10-19,25,28,35H,3-4,8-9,20-24H2,1-2H3,(H,38,39). The average Bonchev–Trinajstić information content (AvgIpc) is 3.42. The molecular formula is C34H41N3O2S. The lowest BCUT2D eigenvalue weighted by molar-refractivity contribution is -0.138. The third kappa shape index (κ3) is 9.04. The molecule has 0 aliphatic carbocycles. The van der Waals surface area contributed by atoms with Gasteiger partial charge in [0.05, 0.1) is 18.8 Å². The van der Waals surface area contributed by atoms with Crippen LogP contribution in [-0.4, -0.2) is 34.0 Å². The number of aromatic nitrogens is 1. The van der Waals surface area contributed by atoms with Crippen LogP contribution in [0.4, 0.5) is 5.69 Å². The third-order valence-corrected chi connectivity index (χ3v) is 8.00. The summed E-state index contributed by atoms with van der Waals surface area (Å²) in [6.45, 7) is 6.43. The lowest BCUT2D eigenvalue weighted by Gasteiger charge is -2.20. The Morgan fingerprint density at radius 2 is 1.60 bits per heavy atom. The zero-order chi connectivity index (χ0) is 28.2. The van der Waals surface area contributed by atoms with Gasteiger partial charge in [0, 0.05) is 29.7 Å². The van der Waals surface area contributed by atoms with E-state index in [0.717, 1.165) is 40.5 Å². The van der Waals surface area contributed by atoms with Gasteiger partial charge >= 0.3 is 5.97 Å². The molecule has 210 valence electrons. The Morgan fingerprint density at radius 3 is 2.25 bits per heavy atom.